The van der Waals surface area contributed by atoms with Gasteiger partial charge in [0.05, 0.1) is 12.5 Å². The van der Waals surface area contributed by atoms with Crippen LogP contribution in [0.5, 0.6) is 0 Å². The second-order valence-electron chi connectivity index (χ2n) is 7.19. The Hall–Kier alpha value is -2.58. The number of alkyl halides is 1. The molecule has 5 nitrogen and oxygen atoms in total. The van der Waals surface area contributed by atoms with Gasteiger partial charge in [-0.2, -0.15) is 0 Å². The molecule has 1 aromatic carbocycles. The predicted molar refractivity (Wildman–Crippen MR) is 110 cm³/mol. The molecule has 30 heavy (non-hydrogen) atoms. The first-order valence-electron chi connectivity index (χ1n) is 9.68. The molecule has 0 bridgehead atoms. The number of aliphatic carboxylic acids is 1. The van der Waals surface area contributed by atoms with Gasteiger partial charge in [0.1, 0.15) is 11.9 Å². The first-order valence-corrected chi connectivity index (χ1v) is 10.5. The Morgan fingerprint density at radius 3 is 2.63 bits per heavy atom. The van der Waals surface area contributed by atoms with Gasteiger partial charge in [-0.25, -0.2) is 8.78 Å². The smallest absolute Gasteiger partial charge is 0.308 e. The standard InChI is InChI=1S/C22H23F2NO4S/c23-18(22(29)21(24)14-4-2-1-3-5-14)12-15-6-9-19(26)25(15)11-10-16-7-8-17(30-16)13-20(27)28/h1-5,7-8,12,15,21-22,29H,6,9-11,13H2,(H,27,28)/t15-,21?,22?/m1/s1. The van der Waals surface area contributed by atoms with Crippen molar-refractivity contribution in [1.82, 2.24) is 4.90 Å². The molecule has 160 valence electrons. The fourth-order valence-electron chi connectivity index (χ4n) is 3.49. The summed E-state index contributed by atoms with van der Waals surface area (Å²) in [4.78, 5) is 26.2. The van der Waals surface area contributed by atoms with Gasteiger partial charge in [0.15, 0.2) is 6.17 Å². The van der Waals surface area contributed by atoms with Gasteiger partial charge >= 0.3 is 5.97 Å². The van der Waals surface area contributed by atoms with E-state index < -0.39 is 30.1 Å². The molecule has 1 fully saturated rings. The van der Waals surface area contributed by atoms with Crippen LogP contribution in [0.2, 0.25) is 0 Å². The number of amides is 1. The Morgan fingerprint density at radius 2 is 1.93 bits per heavy atom. The summed E-state index contributed by atoms with van der Waals surface area (Å²) in [6.07, 6.45) is -1.57. The zero-order valence-electron chi connectivity index (χ0n) is 16.2. The van der Waals surface area contributed by atoms with Gasteiger partial charge in [0.2, 0.25) is 5.91 Å². The average Bonchev–Trinajstić information content (AvgIpc) is 3.31. The third kappa shape index (κ3) is 5.52. The Morgan fingerprint density at radius 1 is 1.23 bits per heavy atom. The van der Waals surface area contributed by atoms with Gasteiger partial charge in [0, 0.05) is 22.7 Å². The largest absolute Gasteiger partial charge is 0.481 e. The molecule has 2 heterocycles. The SMILES string of the molecule is O=C(O)Cc1ccc(CCN2C(=O)CC[C@@H]2C=C(F)C(O)C(F)c2ccccc2)s1. The molecule has 0 aliphatic carbocycles. The molecule has 8 heteroatoms. The third-order valence-corrected chi connectivity index (χ3v) is 6.19. The van der Waals surface area contributed by atoms with Crippen LogP contribution in [0.4, 0.5) is 8.78 Å². The summed E-state index contributed by atoms with van der Waals surface area (Å²) in [5.41, 5.74) is 0.183. The normalized spacial score (nSPS) is 19.2. The second-order valence-corrected chi connectivity index (χ2v) is 8.44. The third-order valence-electron chi connectivity index (χ3n) is 5.05. The summed E-state index contributed by atoms with van der Waals surface area (Å²) < 4.78 is 29.0. The summed E-state index contributed by atoms with van der Waals surface area (Å²) in [5, 5.41) is 18.9. The summed E-state index contributed by atoms with van der Waals surface area (Å²) in [5.74, 6) is -2.02. The minimum Gasteiger partial charge on any atom is -0.481 e. The van der Waals surface area contributed by atoms with E-state index in [9.17, 15) is 23.5 Å². The van der Waals surface area contributed by atoms with Gasteiger partial charge in [0.25, 0.3) is 0 Å². The molecule has 3 atom stereocenters. The number of carboxylic acids is 1. The number of carboxylic acid groups (broad SMARTS) is 1. The maximum Gasteiger partial charge on any atom is 0.308 e. The van der Waals surface area contributed by atoms with E-state index in [1.54, 1.807) is 24.3 Å². The first kappa shape index (κ1) is 22.1. The highest BCUT2D eigenvalue weighted by molar-refractivity contribution is 7.12. The Kier molecular flexibility index (Phi) is 7.33. The van der Waals surface area contributed by atoms with Crippen molar-refractivity contribution in [1.29, 1.82) is 0 Å². The number of nitrogens with zero attached hydrogens (tertiary/aromatic N) is 1. The van der Waals surface area contributed by atoms with Crippen LogP contribution in [0.3, 0.4) is 0 Å². The molecule has 2 unspecified atom stereocenters. The number of hydrogen-bond acceptors (Lipinski definition) is 4. The number of halogens is 2. The Labute approximate surface area is 177 Å². The summed E-state index contributed by atoms with van der Waals surface area (Å²) in [6.45, 7) is 0.341. The number of benzene rings is 1. The summed E-state index contributed by atoms with van der Waals surface area (Å²) in [6, 6.07) is 10.9. The first-order chi connectivity index (χ1) is 14.3. The number of thiophene rings is 1. The lowest BCUT2D eigenvalue weighted by Gasteiger charge is -2.23. The van der Waals surface area contributed by atoms with Gasteiger partial charge in [-0.15, -0.1) is 11.3 Å². The van der Waals surface area contributed by atoms with Crippen molar-refractivity contribution in [3.63, 3.8) is 0 Å². The number of carbonyl (C=O) groups is 2. The predicted octanol–water partition coefficient (Wildman–Crippen LogP) is 3.83. The van der Waals surface area contributed by atoms with Crippen molar-refractivity contribution in [2.45, 2.75) is 44.0 Å². The molecule has 1 aliphatic rings. The molecule has 3 rings (SSSR count). The number of aliphatic hydroxyl groups is 1. The van der Waals surface area contributed by atoms with E-state index in [-0.39, 0.29) is 24.3 Å². The number of hydrogen-bond donors (Lipinski definition) is 2. The van der Waals surface area contributed by atoms with Crippen LogP contribution in [-0.2, 0) is 22.4 Å². The average molecular weight is 435 g/mol. The van der Waals surface area contributed by atoms with Crippen LogP contribution in [0.1, 0.15) is 34.3 Å². The Balaban J connectivity index is 1.63. The number of aliphatic hydroxyl groups excluding tert-OH is 1. The molecule has 1 aromatic heterocycles. The topological polar surface area (TPSA) is 77.8 Å². The highest BCUT2D eigenvalue weighted by Crippen LogP contribution is 2.29. The minimum absolute atomic E-state index is 0.0480. The van der Waals surface area contributed by atoms with Gasteiger partial charge < -0.3 is 15.1 Å². The van der Waals surface area contributed by atoms with Gasteiger partial charge in [-0.1, -0.05) is 30.3 Å². The summed E-state index contributed by atoms with van der Waals surface area (Å²) >= 11 is 1.37. The van der Waals surface area contributed by atoms with Crippen LogP contribution in [-0.4, -0.2) is 45.7 Å². The van der Waals surface area contributed by atoms with Crippen LogP contribution < -0.4 is 0 Å². The van der Waals surface area contributed by atoms with Gasteiger partial charge in [-0.3, -0.25) is 9.59 Å². The van der Waals surface area contributed by atoms with Crippen LogP contribution in [0, 0.1) is 0 Å². The van der Waals surface area contributed by atoms with Crippen molar-refractivity contribution in [2.24, 2.45) is 0 Å². The molecule has 0 spiro atoms. The molecule has 2 N–H and O–H groups in total. The molecular formula is C22H23F2NO4S. The molecule has 1 saturated heterocycles. The minimum atomic E-state index is -1.93. The zero-order chi connectivity index (χ0) is 21.7. The number of likely N-dealkylation sites (tertiary alicyclic amines) is 1. The van der Waals surface area contributed by atoms with Crippen molar-refractivity contribution >= 4 is 23.2 Å². The van der Waals surface area contributed by atoms with Crippen molar-refractivity contribution < 1.29 is 28.6 Å². The monoisotopic (exact) mass is 435 g/mol. The zero-order valence-corrected chi connectivity index (χ0v) is 17.0. The number of rotatable bonds is 9. The molecule has 0 saturated carbocycles. The maximum atomic E-state index is 14.6. The van der Waals surface area contributed by atoms with E-state index in [2.05, 4.69) is 0 Å². The van der Waals surface area contributed by atoms with E-state index in [1.165, 1.54) is 28.4 Å². The summed E-state index contributed by atoms with van der Waals surface area (Å²) in [7, 11) is 0. The lowest BCUT2D eigenvalue weighted by molar-refractivity contribution is -0.136. The fraction of sp³-hybridized carbons (Fsp3) is 0.364. The van der Waals surface area contributed by atoms with E-state index >= 15 is 0 Å². The maximum absolute atomic E-state index is 14.6. The quantitative estimate of drug-likeness (QED) is 0.628. The molecule has 1 amide bonds. The van der Waals surface area contributed by atoms with Crippen LogP contribution in [0.25, 0.3) is 0 Å². The molecule has 2 aromatic rings. The number of carbonyl (C=O) groups excluding carboxylic acids is 1. The van der Waals surface area contributed by atoms with Crippen LogP contribution in [0.15, 0.2) is 54.4 Å². The van der Waals surface area contributed by atoms with E-state index in [1.807, 2.05) is 6.07 Å². The molecular weight excluding hydrogens is 412 g/mol. The van der Waals surface area contributed by atoms with Crippen molar-refractivity contribution in [3.05, 3.63) is 69.7 Å². The lowest BCUT2D eigenvalue weighted by atomic mass is 10.0. The van der Waals surface area contributed by atoms with Crippen LogP contribution >= 0.6 is 11.3 Å². The molecule has 0 radical (unpaired) electrons. The van der Waals surface area contributed by atoms with Gasteiger partial charge in [-0.05, 0) is 36.6 Å². The van der Waals surface area contributed by atoms with E-state index in [0.29, 0.717) is 19.4 Å². The lowest BCUT2D eigenvalue weighted by Crippen LogP contribution is -2.34. The highest BCUT2D eigenvalue weighted by atomic mass is 32.1. The van der Waals surface area contributed by atoms with Crippen molar-refractivity contribution in [2.75, 3.05) is 6.54 Å². The highest BCUT2D eigenvalue weighted by Gasteiger charge is 2.32. The van der Waals surface area contributed by atoms with E-state index in [0.717, 1.165) is 15.8 Å². The second kappa shape index (κ2) is 9.95. The fourth-order valence-corrected chi connectivity index (χ4v) is 4.49. The molecule has 1 aliphatic heterocycles. The Bertz CT molecular complexity index is 915. The van der Waals surface area contributed by atoms with Crippen molar-refractivity contribution in [3.8, 4) is 0 Å². The van der Waals surface area contributed by atoms with E-state index in [4.69, 9.17) is 5.11 Å².